The first-order valence-electron chi connectivity index (χ1n) is 9.04. The highest BCUT2D eigenvalue weighted by Crippen LogP contribution is 2.48. The van der Waals surface area contributed by atoms with E-state index in [1.165, 1.54) is 18.4 Å². The molecule has 0 saturated heterocycles. The predicted octanol–water partition coefficient (Wildman–Crippen LogP) is 3.25. The van der Waals surface area contributed by atoms with Crippen molar-refractivity contribution < 1.29 is 14.2 Å². The van der Waals surface area contributed by atoms with Gasteiger partial charge < -0.3 is 24.4 Å². The minimum Gasteiger partial charge on any atom is -0.454 e. The molecule has 1 aromatic carbocycles. The number of aliphatic imine (C=N–C) groups is 1. The van der Waals surface area contributed by atoms with E-state index in [1.807, 2.05) is 26.1 Å². The van der Waals surface area contributed by atoms with E-state index in [2.05, 4.69) is 28.3 Å². The lowest BCUT2D eigenvalue weighted by Gasteiger charge is -2.25. The van der Waals surface area contributed by atoms with E-state index >= 15 is 0 Å². The normalized spacial score (nSPS) is 16.8. The van der Waals surface area contributed by atoms with Crippen molar-refractivity contribution in [2.45, 2.75) is 32.7 Å². The Bertz CT molecular complexity index is 620. The Morgan fingerprint density at radius 3 is 2.77 bits per heavy atom. The highest BCUT2D eigenvalue weighted by Gasteiger charge is 2.42. The zero-order valence-corrected chi connectivity index (χ0v) is 18.2. The fourth-order valence-corrected chi connectivity index (χ4v) is 3.16. The molecule has 6 nitrogen and oxygen atoms in total. The molecule has 1 aliphatic carbocycles. The Balaban J connectivity index is 0.00000243. The van der Waals surface area contributed by atoms with Gasteiger partial charge in [0.2, 0.25) is 6.79 Å². The maximum atomic E-state index is 5.52. The van der Waals surface area contributed by atoms with E-state index in [-0.39, 0.29) is 24.0 Å². The lowest BCUT2D eigenvalue weighted by molar-refractivity contribution is 0.128. The molecule has 26 heavy (non-hydrogen) atoms. The van der Waals surface area contributed by atoms with Gasteiger partial charge in [0.15, 0.2) is 17.5 Å². The molecule has 1 heterocycles. The van der Waals surface area contributed by atoms with Gasteiger partial charge in [0.05, 0.1) is 0 Å². The molecule has 0 bridgehead atoms. The van der Waals surface area contributed by atoms with Crippen LogP contribution in [-0.4, -0.2) is 51.5 Å². The number of nitrogens with one attached hydrogen (secondary N) is 1. The van der Waals surface area contributed by atoms with Crippen LogP contribution in [0.15, 0.2) is 23.2 Å². The van der Waals surface area contributed by atoms with Gasteiger partial charge in [-0.05, 0) is 49.3 Å². The Morgan fingerprint density at radius 2 is 2.08 bits per heavy atom. The fraction of sp³-hybridized carbons (Fsp3) is 0.632. The molecule has 1 fully saturated rings. The average molecular weight is 475 g/mol. The van der Waals surface area contributed by atoms with E-state index in [0.29, 0.717) is 12.2 Å². The second-order valence-electron chi connectivity index (χ2n) is 6.89. The average Bonchev–Trinajstić information content (AvgIpc) is 3.22. The Kier molecular flexibility index (Phi) is 7.82. The van der Waals surface area contributed by atoms with Crippen LogP contribution < -0.4 is 14.8 Å². The van der Waals surface area contributed by atoms with Crippen molar-refractivity contribution in [1.82, 2.24) is 10.2 Å². The molecule has 7 heteroatoms. The molecule has 0 radical (unpaired) electrons. The summed E-state index contributed by atoms with van der Waals surface area (Å²) in [6, 6.07) is 6.08. The van der Waals surface area contributed by atoms with Crippen molar-refractivity contribution in [2.24, 2.45) is 10.4 Å². The first-order chi connectivity index (χ1) is 12.2. The van der Waals surface area contributed by atoms with Gasteiger partial charge >= 0.3 is 0 Å². The number of ether oxygens (including phenoxy) is 3. The van der Waals surface area contributed by atoms with Crippen LogP contribution in [0.2, 0.25) is 0 Å². The van der Waals surface area contributed by atoms with E-state index in [4.69, 9.17) is 14.2 Å². The summed E-state index contributed by atoms with van der Waals surface area (Å²) in [5.41, 5.74) is 1.57. The smallest absolute Gasteiger partial charge is 0.231 e. The van der Waals surface area contributed by atoms with Gasteiger partial charge in [-0.1, -0.05) is 6.07 Å². The van der Waals surface area contributed by atoms with E-state index in [9.17, 15) is 0 Å². The quantitative estimate of drug-likeness (QED) is 0.271. The van der Waals surface area contributed by atoms with Gasteiger partial charge in [0.25, 0.3) is 0 Å². The number of benzene rings is 1. The standard InChI is InChI=1S/C19H29N3O3.HI/c1-4-23-10-9-19(7-8-19)13-21-18(20-2)22(3)12-15-5-6-16-17(11-15)25-14-24-16;/h5-6,11H,4,7-10,12-14H2,1-3H3,(H,20,21);1H. The molecule has 0 unspecified atom stereocenters. The minimum atomic E-state index is 0. The summed E-state index contributed by atoms with van der Waals surface area (Å²) in [5, 5.41) is 3.54. The molecule has 0 atom stereocenters. The maximum absolute atomic E-state index is 5.52. The van der Waals surface area contributed by atoms with Gasteiger partial charge in [0, 0.05) is 40.4 Å². The predicted molar refractivity (Wildman–Crippen MR) is 114 cm³/mol. The molecule has 1 aliphatic heterocycles. The topological polar surface area (TPSA) is 55.3 Å². The van der Waals surface area contributed by atoms with Crippen molar-refractivity contribution in [3.05, 3.63) is 23.8 Å². The van der Waals surface area contributed by atoms with Crippen molar-refractivity contribution in [3.8, 4) is 11.5 Å². The van der Waals surface area contributed by atoms with Crippen LogP contribution in [0.25, 0.3) is 0 Å². The van der Waals surface area contributed by atoms with E-state index in [1.54, 1.807) is 0 Å². The van der Waals surface area contributed by atoms with Crippen LogP contribution in [0.5, 0.6) is 11.5 Å². The Labute approximate surface area is 173 Å². The number of hydrogen-bond donors (Lipinski definition) is 1. The summed E-state index contributed by atoms with van der Waals surface area (Å²) >= 11 is 0. The van der Waals surface area contributed by atoms with Crippen molar-refractivity contribution >= 4 is 29.9 Å². The summed E-state index contributed by atoms with van der Waals surface area (Å²) < 4.78 is 16.3. The SMILES string of the molecule is CCOCCC1(CNC(=NC)N(C)Cc2ccc3c(c2)OCO3)CC1.I. The van der Waals surface area contributed by atoms with Crippen LogP contribution >= 0.6 is 24.0 Å². The van der Waals surface area contributed by atoms with Gasteiger partial charge in [-0.15, -0.1) is 24.0 Å². The summed E-state index contributed by atoms with van der Waals surface area (Å²) in [5.74, 6) is 2.56. The zero-order valence-electron chi connectivity index (χ0n) is 15.9. The van der Waals surface area contributed by atoms with Crippen molar-refractivity contribution in [1.29, 1.82) is 0 Å². The molecular weight excluding hydrogens is 445 g/mol. The summed E-state index contributed by atoms with van der Waals surface area (Å²) in [4.78, 5) is 6.56. The Morgan fingerprint density at radius 1 is 1.31 bits per heavy atom. The molecule has 0 amide bonds. The molecular formula is C19H30IN3O3. The molecule has 0 aromatic heterocycles. The van der Waals surface area contributed by atoms with Crippen LogP contribution in [0.3, 0.4) is 0 Å². The third-order valence-corrected chi connectivity index (χ3v) is 4.99. The summed E-state index contributed by atoms with van der Waals surface area (Å²) in [7, 11) is 3.89. The van der Waals surface area contributed by atoms with Crippen LogP contribution in [0, 0.1) is 5.41 Å². The molecule has 3 rings (SSSR count). The van der Waals surface area contributed by atoms with Crippen molar-refractivity contribution in [3.63, 3.8) is 0 Å². The number of guanidine groups is 1. The van der Waals surface area contributed by atoms with E-state index < -0.39 is 0 Å². The lowest BCUT2D eigenvalue weighted by Crippen LogP contribution is -2.41. The molecule has 1 saturated carbocycles. The van der Waals surface area contributed by atoms with Gasteiger partial charge in [-0.25, -0.2) is 0 Å². The third-order valence-electron chi connectivity index (χ3n) is 4.99. The maximum Gasteiger partial charge on any atom is 0.231 e. The van der Waals surface area contributed by atoms with Crippen LogP contribution in [-0.2, 0) is 11.3 Å². The highest BCUT2D eigenvalue weighted by molar-refractivity contribution is 14.0. The summed E-state index contributed by atoms with van der Waals surface area (Å²) in [6.45, 7) is 5.72. The van der Waals surface area contributed by atoms with Gasteiger partial charge in [0.1, 0.15) is 0 Å². The minimum absolute atomic E-state index is 0. The number of nitrogens with zero attached hydrogens (tertiary/aromatic N) is 2. The molecule has 2 aliphatic rings. The number of fused-ring (bicyclic) bond motifs is 1. The van der Waals surface area contributed by atoms with E-state index in [0.717, 1.165) is 50.2 Å². The first kappa shape index (κ1) is 21.1. The second-order valence-corrected chi connectivity index (χ2v) is 6.89. The first-order valence-corrected chi connectivity index (χ1v) is 9.04. The molecule has 0 spiro atoms. The highest BCUT2D eigenvalue weighted by atomic mass is 127. The van der Waals surface area contributed by atoms with Crippen LogP contribution in [0.1, 0.15) is 31.7 Å². The lowest BCUT2D eigenvalue weighted by atomic mass is 10.0. The third kappa shape index (κ3) is 5.39. The van der Waals surface area contributed by atoms with Crippen LogP contribution in [0.4, 0.5) is 0 Å². The fourth-order valence-electron chi connectivity index (χ4n) is 3.16. The van der Waals surface area contributed by atoms with Crippen molar-refractivity contribution in [2.75, 3.05) is 40.6 Å². The molecule has 1 N–H and O–H groups in total. The summed E-state index contributed by atoms with van der Waals surface area (Å²) in [6.07, 6.45) is 3.67. The monoisotopic (exact) mass is 475 g/mol. The van der Waals surface area contributed by atoms with Gasteiger partial charge in [-0.2, -0.15) is 0 Å². The largest absolute Gasteiger partial charge is 0.454 e. The Hall–Kier alpha value is -1.22. The second kappa shape index (κ2) is 9.64. The molecule has 1 aromatic rings. The van der Waals surface area contributed by atoms with Gasteiger partial charge in [-0.3, -0.25) is 4.99 Å². The number of halogens is 1. The number of hydrogen-bond acceptors (Lipinski definition) is 4. The number of rotatable bonds is 8. The zero-order chi connectivity index (χ0) is 17.7. The molecule has 146 valence electrons.